The Morgan fingerprint density at radius 2 is 2.12 bits per heavy atom. The Balaban J connectivity index is 1.55. The van der Waals surface area contributed by atoms with Gasteiger partial charge >= 0.3 is 5.97 Å². The summed E-state index contributed by atoms with van der Waals surface area (Å²) in [6.07, 6.45) is 2.69. The van der Waals surface area contributed by atoms with Crippen molar-refractivity contribution in [3.63, 3.8) is 0 Å². The van der Waals surface area contributed by atoms with Gasteiger partial charge in [0.25, 0.3) is 5.89 Å². The van der Waals surface area contributed by atoms with Crippen LogP contribution in [0.2, 0.25) is 0 Å². The molecule has 0 spiro atoms. The number of esters is 1. The van der Waals surface area contributed by atoms with Crippen LogP contribution in [0.25, 0.3) is 11.4 Å². The first-order chi connectivity index (χ1) is 12.1. The summed E-state index contributed by atoms with van der Waals surface area (Å²) in [7, 11) is 0. The fourth-order valence-electron chi connectivity index (χ4n) is 1.97. The van der Waals surface area contributed by atoms with Gasteiger partial charge in [0.1, 0.15) is 0 Å². The van der Waals surface area contributed by atoms with Crippen molar-refractivity contribution in [1.82, 2.24) is 15.1 Å². The van der Waals surface area contributed by atoms with Gasteiger partial charge in [-0.25, -0.2) is 0 Å². The molecule has 0 saturated carbocycles. The van der Waals surface area contributed by atoms with E-state index in [0.717, 1.165) is 14.9 Å². The largest absolute Gasteiger partial charge is 0.452 e. The number of nitrogens with zero attached hydrogens (tertiary/aromatic N) is 3. The van der Waals surface area contributed by atoms with Gasteiger partial charge in [-0.15, -0.1) is 11.8 Å². The number of thioether (sulfide) groups is 1. The molecule has 25 heavy (non-hydrogen) atoms. The van der Waals surface area contributed by atoms with Gasteiger partial charge in [0, 0.05) is 27.3 Å². The average Bonchev–Trinajstić information content (AvgIpc) is 3.12. The Morgan fingerprint density at radius 3 is 2.84 bits per heavy atom. The molecule has 8 heteroatoms. The van der Waals surface area contributed by atoms with Gasteiger partial charge < -0.3 is 9.26 Å². The van der Waals surface area contributed by atoms with Crippen molar-refractivity contribution in [1.29, 1.82) is 0 Å². The maximum absolute atomic E-state index is 12.0. The topological polar surface area (TPSA) is 78.1 Å². The quantitative estimate of drug-likeness (QED) is 0.435. The highest BCUT2D eigenvalue weighted by atomic mass is 79.9. The molecule has 3 rings (SSSR count). The van der Waals surface area contributed by atoms with Gasteiger partial charge in [-0.1, -0.05) is 21.1 Å². The van der Waals surface area contributed by atoms with Gasteiger partial charge in [0.05, 0.1) is 5.75 Å². The fraction of sp³-hybridized carbons (Fsp3) is 0.176. The van der Waals surface area contributed by atoms with Crippen LogP contribution in [0.1, 0.15) is 18.9 Å². The normalized spacial score (nSPS) is 11.9. The molecule has 0 N–H and O–H groups in total. The molecule has 1 aromatic carbocycles. The molecule has 0 amide bonds. The van der Waals surface area contributed by atoms with Gasteiger partial charge in [-0.2, -0.15) is 4.98 Å². The van der Waals surface area contributed by atoms with E-state index in [1.54, 1.807) is 25.4 Å². The Kier molecular flexibility index (Phi) is 5.83. The number of rotatable bonds is 6. The molecule has 0 saturated heterocycles. The number of ether oxygens (including phenoxy) is 1. The molecule has 1 unspecified atom stereocenters. The molecule has 0 bridgehead atoms. The molecular formula is C17H14BrN3O3S. The SMILES string of the molecule is CC(OC(=O)CSc1ccc(Br)cc1)c1nc(-c2cccnc2)no1. The Hall–Kier alpha value is -2.19. The van der Waals surface area contributed by atoms with Crippen LogP contribution in [0.5, 0.6) is 0 Å². The van der Waals surface area contributed by atoms with E-state index in [0.29, 0.717) is 5.82 Å². The highest BCUT2D eigenvalue weighted by molar-refractivity contribution is 9.10. The van der Waals surface area contributed by atoms with Crippen molar-refractivity contribution >= 4 is 33.7 Å². The predicted octanol–water partition coefficient (Wildman–Crippen LogP) is 4.29. The van der Waals surface area contributed by atoms with Crippen molar-refractivity contribution < 1.29 is 14.1 Å². The number of benzene rings is 1. The highest BCUT2D eigenvalue weighted by Crippen LogP contribution is 2.23. The first-order valence-corrected chi connectivity index (χ1v) is 9.21. The second-order valence-corrected chi connectivity index (χ2v) is 7.04. The molecule has 1 atom stereocenters. The zero-order valence-electron chi connectivity index (χ0n) is 13.3. The lowest BCUT2D eigenvalue weighted by atomic mass is 10.3. The minimum absolute atomic E-state index is 0.204. The highest BCUT2D eigenvalue weighted by Gasteiger charge is 2.19. The Bertz CT molecular complexity index is 840. The summed E-state index contributed by atoms with van der Waals surface area (Å²) in [5, 5.41) is 3.89. The first-order valence-electron chi connectivity index (χ1n) is 7.43. The zero-order valence-corrected chi connectivity index (χ0v) is 15.7. The van der Waals surface area contributed by atoms with Crippen LogP contribution >= 0.6 is 27.7 Å². The third-order valence-electron chi connectivity index (χ3n) is 3.19. The maximum atomic E-state index is 12.0. The Morgan fingerprint density at radius 1 is 1.32 bits per heavy atom. The molecule has 2 heterocycles. The van der Waals surface area contributed by atoms with Crippen LogP contribution in [-0.4, -0.2) is 26.8 Å². The summed E-state index contributed by atoms with van der Waals surface area (Å²) in [4.78, 5) is 21.2. The summed E-state index contributed by atoms with van der Waals surface area (Å²) in [5.74, 6) is 0.521. The Labute approximate surface area is 157 Å². The molecule has 0 radical (unpaired) electrons. The maximum Gasteiger partial charge on any atom is 0.317 e. The summed E-state index contributed by atoms with van der Waals surface area (Å²) in [5.41, 5.74) is 0.738. The van der Waals surface area contributed by atoms with Crippen LogP contribution in [0.15, 0.2) is 62.7 Å². The van der Waals surface area contributed by atoms with E-state index >= 15 is 0 Å². The van der Waals surface area contributed by atoms with Crippen LogP contribution in [0.3, 0.4) is 0 Å². The average molecular weight is 420 g/mol. The standard InChI is InChI=1S/C17H14BrN3O3S/c1-11(17-20-16(21-24-17)12-3-2-8-19-9-12)23-15(22)10-25-14-6-4-13(18)5-7-14/h2-9,11H,10H2,1H3. The number of halogens is 1. The second-order valence-electron chi connectivity index (χ2n) is 5.07. The second kappa shape index (κ2) is 8.26. The third kappa shape index (κ3) is 4.90. The van der Waals surface area contributed by atoms with Crippen molar-refractivity contribution in [2.75, 3.05) is 5.75 Å². The summed E-state index contributed by atoms with van der Waals surface area (Å²) < 4.78 is 11.5. The lowest BCUT2D eigenvalue weighted by Crippen LogP contribution is -2.11. The van der Waals surface area contributed by atoms with Crippen LogP contribution in [-0.2, 0) is 9.53 Å². The molecule has 0 fully saturated rings. The predicted molar refractivity (Wildman–Crippen MR) is 96.9 cm³/mol. The van der Waals surface area contributed by atoms with E-state index in [1.165, 1.54) is 11.8 Å². The zero-order chi connectivity index (χ0) is 17.6. The minimum Gasteiger partial charge on any atom is -0.452 e. The molecule has 0 aliphatic heterocycles. The van der Waals surface area contributed by atoms with E-state index in [9.17, 15) is 4.79 Å². The molecule has 0 aliphatic rings. The number of hydrogen-bond donors (Lipinski definition) is 0. The van der Waals surface area contributed by atoms with Crippen LogP contribution in [0, 0.1) is 0 Å². The summed E-state index contributed by atoms with van der Waals surface area (Å²) in [6, 6.07) is 11.3. The molecule has 128 valence electrons. The van der Waals surface area contributed by atoms with Crippen LogP contribution < -0.4 is 0 Å². The number of carbonyl (C=O) groups is 1. The van der Waals surface area contributed by atoms with E-state index < -0.39 is 6.10 Å². The van der Waals surface area contributed by atoms with E-state index in [-0.39, 0.29) is 17.6 Å². The van der Waals surface area contributed by atoms with E-state index in [4.69, 9.17) is 9.26 Å². The monoisotopic (exact) mass is 419 g/mol. The molecule has 2 aromatic heterocycles. The number of aromatic nitrogens is 3. The number of carbonyl (C=O) groups excluding carboxylic acids is 1. The molecule has 6 nitrogen and oxygen atoms in total. The van der Waals surface area contributed by atoms with Gasteiger partial charge in [-0.05, 0) is 43.3 Å². The smallest absolute Gasteiger partial charge is 0.317 e. The lowest BCUT2D eigenvalue weighted by molar-refractivity contribution is -0.146. The number of pyridine rings is 1. The summed E-state index contributed by atoms with van der Waals surface area (Å²) in [6.45, 7) is 1.70. The van der Waals surface area contributed by atoms with Crippen molar-refractivity contribution in [2.45, 2.75) is 17.9 Å². The van der Waals surface area contributed by atoms with E-state index in [2.05, 4.69) is 31.1 Å². The number of hydrogen-bond acceptors (Lipinski definition) is 7. The van der Waals surface area contributed by atoms with E-state index in [1.807, 2.05) is 30.3 Å². The minimum atomic E-state index is -0.615. The lowest BCUT2D eigenvalue weighted by Gasteiger charge is -2.08. The molecular weight excluding hydrogens is 406 g/mol. The van der Waals surface area contributed by atoms with Crippen molar-refractivity contribution in [2.24, 2.45) is 0 Å². The van der Waals surface area contributed by atoms with Gasteiger partial charge in [-0.3, -0.25) is 9.78 Å². The van der Waals surface area contributed by atoms with Gasteiger partial charge in [0.2, 0.25) is 5.82 Å². The van der Waals surface area contributed by atoms with Gasteiger partial charge in [0.15, 0.2) is 6.10 Å². The van der Waals surface area contributed by atoms with Crippen molar-refractivity contribution in [3.8, 4) is 11.4 Å². The molecule has 0 aliphatic carbocycles. The van der Waals surface area contributed by atoms with Crippen molar-refractivity contribution in [3.05, 3.63) is 59.2 Å². The van der Waals surface area contributed by atoms with Crippen LogP contribution in [0.4, 0.5) is 0 Å². The third-order valence-corrected chi connectivity index (χ3v) is 4.70. The molecule has 3 aromatic rings. The first kappa shape index (κ1) is 17.6. The summed E-state index contributed by atoms with van der Waals surface area (Å²) >= 11 is 4.78. The fourth-order valence-corrected chi connectivity index (χ4v) is 2.91.